The minimum absolute atomic E-state index is 0.223. The molecule has 0 unspecified atom stereocenters. The molecule has 1 heterocycles. The van der Waals surface area contributed by atoms with Gasteiger partial charge in [0.05, 0.1) is 0 Å². The van der Waals surface area contributed by atoms with Crippen molar-refractivity contribution in [1.29, 1.82) is 0 Å². The van der Waals surface area contributed by atoms with E-state index in [9.17, 15) is 9.18 Å². The monoisotopic (exact) mass is 321 g/mol. The van der Waals surface area contributed by atoms with E-state index >= 15 is 0 Å². The number of rotatable bonds is 2. The van der Waals surface area contributed by atoms with Crippen molar-refractivity contribution in [2.24, 2.45) is 0 Å². The van der Waals surface area contributed by atoms with E-state index in [0.29, 0.717) is 13.0 Å². The Kier molecular flexibility index (Phi) is 3.27. The normalized spacial score (nSPS) is 14.5. The first-order valence-electron chi connectivity index (χ1n) is 6.28. The molecule has 1 aromatic heterocycles. The van der Waals surface area contributed by atoms with Gasteiger partial charge in [0.25, 0.3) is 0 Å². The number of Topliss-reactive ketones (excluding diaryl/α,β-unsaturated/α-hetero) is 1. The van der Waals surface area contributed by atoms with Crippen LogP contribution >= 0.6 is 15.9 Å². The second-order valence-corrected chi connectivity index (χ2v) is 5.84. The summed E-state index contributed by atoms with van der Waals surface area (Å²) in [5.41, 5.74) is 2.83. The average molecular weight is 322 g/mol. The maximum absolute atomic E-state index is 13.3. The van der Waals surface area contributed by atoms with Crippen molar-refractivity contribution < 1.29 is 9.18 Å². The van der Waals surface area contributed by atoms with Gasteiger partial charge in [-0.05, 0) is 42.2 Å². The molecule has 0 radical (unpaired) electrons. The molecular weight excluding hydrogens is 309 g/mol. The van der Waals surface area contributed by atoms with Gasteiger partial charge in [-0.1, -0.05) is 15.9 Å². The molecule has 0 N–H and O–H groups in total. The molecule has 0 fully saturated rings. The van der Waals surface area contributed by atoms with Gasteiger partial charge < -0.3 is 4.57 Å². The lowest BCUT2D eigenvalue weighted by Gasteiger charge is -2.07. The maximum atomic E-state index is 13.3. The molecule has 98 valence electrons. The van der Waals surface area contributed by atoms with E-state index in [0.717, 1.165) is 34.0 Å². The standard InChI is InChI=1S/C15H13BrFNO/c16-12-4-10(5-13(17)6-12)7-18-8-11-2-1-3-15(19)14(11)9-18/h4-6,8-9H,1-3,7H2. The molecule has 19 heavy (non-hydrogen) atoms. The Morgan fingerprint density at radius 3 is 2.79 bits per heavy atom. The van der Waals surface area contributed by atoms with Gasteiger partial charge in [0.1, 0.15) is 5.82 Å². The number of benzene rings is 1. The SMILES string of the molecule is O=C1CCCc2cn(Cc3cc(F)cc(Br)c3)cc21. The molecule has 0 saturated carbocycles. The second kappa shape index (κ2) is 4.93. The fraction of sp³-hybridized carbons (Fsp3) is 0.267. The number of aromatic nitrogens is 1. The topological polar surface area (TPSA) is 22.0 Å². The van der Waals surface area contributed by atoms with Crippen molar-refractivity contribution in [3.8, 4) is 0 Å². The van der Waals surface area contributed by atoms with Gasteiger partial charge in [-0.15, -0.1) is 0 Å². The highest BCUT2D eigenvalue weighted by atomic mass is 79.9. The highest BCUT2D eigenvalue weighted by Crippen LogP contribution is 2.23. The lowest BCUT2D eigenvalue weighted by molar-refractivity contribution is 0.0973. The molecule has 0 amide bonds. The predicted octanol–water partition coefficient (Wildman–Crippen LogP) is 3.96. The van der Waals surface area contributed by atoms with Crippen LogP contribution in [-0.2, 0) is 13.0 Å². The highest BCUT2D eigenvalue weighted by molar-refractivity contribution is 9.10. The fourth-order valence-corrected chi connectivity index (χ4v) is 3.10. The Hall–Kier alpha value is -1.42. The van der Waals surface area contributed by atoms with Crippen LogP contribution in [0.15, 0.2) is 35.1 Å². The zero-order valence-electron chi connectivity index (χ0n) is 10.3. The first kappa shape index (κ1) is 12.6. The van der Waals surface area contributed by atoms with Crippen molar-refractivity contribution in [1.82, 2.24) is 4.57 Å². The average Bonchev–Trinajstić information content (AvgIpc) is 2.71. The Morgan fingerprint density at radius 1 is 1.21 bits per heavy atom. The fourth-order valence-electron chi connectivity index (χ4n) is 2.58. The van der Waals surface area contributed by atoms with Crippen LogP contribution < -0.4 is 0 Å². The molecule has 0 saturated heterocycles. The predicted molar refractivity (Wildman–Crippen MR) is 74.9 cm³/mol. The van der Waals surface area contributed by atoms with Gasteiger partial charge in [0.15, 0.2) is 5.78 Å². The smallest absolute Gasteiger partial charge is 0.164 e. The van der Waals surface area contributed by atoms with Crippen LogP contribution in [0.2, 0.25) is 0 Å². The van der Waals surface area contributed by atoms with Gasteiger partial charge in [-0.3, -0.25) is 4.79 Å². The van der Waals surface area contributed by atoms with Crippen LogP contribution in [0, 0.1) is 5.82 Å². The second-order valence-electron chi connectivity index (χ2n) is 4.92. The first-order valence-corrected chi connectivity index (χ1v) is 7.08. The van der Waals surface area contributed by atoms with Gasteiger partial charge in [0, 0.05) is 35.4 Å². The number of nitrogens with zero attached hydrogens (tertiary/aromatic N) is 1. The van der Waals surface area contributed by atoms with Crippen molar-refractivity contribution in [3.63, 3.8) is 0 Å². The minimum Gasteiger partial charge on any atom is -0.349 e. The summed E-state index contributed by atoms with van der Waals surface area (Å²) in [5, 5.41) is 0. The number of carbonyl (C=O) groups is 1. The third kappa shape index (κ3) is 2.63. The number of hydrogen-bond donors (Lipinski definition) is 0. The van der Waals surface area contributed by atoms with Crippen molar-refractivity contribution >= 4 is 21.7 Å². The Labute approximate surface area is 119 Å². The van der Waals surface area contributed by atoms with E-state index in [4.69, 9.17) is 0 Å². The van der Waals surface area contributed by atoms with Crippen molar-refractivity contribution in [2.75, 3.05) is 0 Å². The van der Waals surface area contributed by atoms with E-state index in [1.165, 1.54) is 12.1 Å². The van der Waals surface area contributed by atoms with Crippen LogP contribution in [0.1, 0.15) is 34.3 Å². The van der Waals surface area contributed by atoms with E-state index in [2.05, 4.69) is 15.9 Å². The van der Waals surface area contributed by atoms with Crippen LogP contribution in [-0.4, -0.2) is 10.4 Å². The molecule has 1 aromatic carbocycles. The van der Waals surface area contributed by atoms with Gasteiger partial charge in [-0.2, -0.15) is 0 Å². The molecule has 3 rings (SSSR count). The molecule has 4 heteroatoms. The molecular formula is C15H13BrFNO. The number of aryl methyl sites for hydroxylation is 1. The summed E-state index contributed by atoms with van der Waals surface area (Å²) < 4.78 is 16.0. The zero-order valence-corrected chi connectivity index (χ0v) is 11.9. The van der Waals surface area contributed by atoms with Gasteiger partial charge in [0.2, 0.25) is 0 Å². The van der Waals surface area contributed by atoms with Crippen molar-refractivity contribution in [2.45, 2.75) is 25.8 Å². The number of hydrogen-bond acceptors (Lipinski definition) is 1. The molecule has 0 bridgehead atoms. The summed E-state index contributed by atoms with van der Waals surface area (Å²) in [7, 11) is 0. The highest BCUT2D eigenvalue weighted by Gasteiger charge is 2.19. The quantitative estimate of drug-likeness (QED) is 0.820. The van der Waals surface area contributed by atoms with E-state index in [1.807, 2.05) is 23.0 Å². The minimum atomic E-state index is -0.252. The molecule has 1 aliphatic rings. The summed E-state index contributed by atoms with van der Waals surface area (Å²) in [5.74, 6) is -0.0298. The van der Waals surface area contributed by atoms with Crippen LogP contribution in [0.4, 0.5) is 4.39 Å². The Morgan fingerprint density at radius 2 is 2.05 bits per heavy atom. The van der Waals surface area contributed by atoms with Crippen LogP contribution in [0.3, 0.4) is 0 Å². The van der Waals surface area contributed by atoms with Crippen molar-refractivity contribution in [3.05, 3.63) is 57.6 Å². The summed E-state index contributed by atoms with van der Waals surface area (Å²) in [6.07, 6.45) is 6.42. The zero-order chi connectivity index (χ0) is 13.4. The summed E-state index contributed by atoms with van der Waals surface area (Å²) in [4.78, 5) is 11.8. The molecule has 0 spiro atoms. The lowest BCUT2D eigenvalue weighted by atomic mass is 9.95. The number of fused-ring (bicyclic) bond motifs is 1. The van der Waals surface area contributed by atoms with E-state index in [-0.39, 0.29) is 11.6 Å². The molecule has 0 aliphatic heterocycles. The third-order valence-electron chi connectivity index (χ3n) is 3.40. The largest absolute Gasteiger partial charge is 0.349 e. The Balaban J connectivity index is 1.89. The van der Waals surface area contributed by atoms with E-state index in [1.54, 1.807) is 0 Å². The van der Waals surface area contributed by atoms with Crippen LogP contribution in [0.5, 0.6) is 0 Å². The molecule has 0 atom stereocenters. The summed E-state index contributed by atoms with van der Waals surface area (Å²) in [6.45, 7) is 0.580. The van der Waals surface area contributed by atoms with Crippen LogP contribution in [0.25, 0.3) is 0 Å². The lowest BCUT2D eigenvalue weighted by Crippen LogP contribution is -2.07. The Bertz CT molecular complexity index is 627. The molecule has 2 nitrogen and oxygen atoms in total. The summed E-state index contributed by atoms with van der Waals surface area (Å²) >= 11 is 3.29. The molecule has 1 aliphatic carbocycles. The summed E-state index contributed by atoms with van der Waals surface area (Å²) in [6, 6.07) is 4.85. The van der Waals surface area contributed by atoms with Gasteiger partial charge in [-0.25, -0.2) is 4.39 Å². The third-order valence-corrected chi connectivity index (χ3v) is 3.86. The number of ketones is 1. The number of halogens is 2. The first-order chi connectivity index (χ1) is 9.11. The van der Waals surface area contributed by atoms with E-state index < -0.39 is 0 Å². The van der Waals surface area contributed by atoms with Gasteiger partial charge >= 0.3 is 0 Å². The maximum Gasteiger partial charge on any atom is 0.164 e. The number of carbonyl (C=O) groups excluding carboxylic acids is 1. The molecule has 2 aromatic rings.